The number of amides is 1. The highest BCUT2D eigenvalue weighted by Crippen LogP contribution is 2.20. The monoisotopic (exact) mass is 344 g/mol. The molecule has 1 amide bonds. The molecule has 0 unspecified atom stereocenters. The maximum atomic E-state index is 11.9. The molecule has 0 bridgehead atoms. The highest BCUT2D eigenvalue weighted by Gasteiger charge is 2.18. The van der Waals surface area contributed by atoms with Gasteiger partial charge < -0.3 is 15.0 Å². The molecule has 1 aromatic heterocycles. The molecule has 0 aliphatic heterocycles. The van der Waals surface area contributed by atoms with Crippen LogP contribution in [0.5, 0.6) is 0 Å². The maximum absolute atomic E-state index is 11.9. The van der Waals surface area contributed by atoms with Gasteiger partial charge >= 0.3 is 0 Å². The van der Waals surface area contributed by atoms with E-state index in [4.69, 9.17) is 5.11 Å². The van der Waals surface area contributed by atoms with Crippen molar-refractivity contribution in [3.63, 3.8) is 0 Å². The van der Waals surface area contributed by atoms with Gasteiger partial charge in [0.15, 0.2) is 0 Å². The molecular formula is C14H21BrN2O3. The Labute approximate surface area is 127 Å². The Kier molecular flexibility index (Phi) is 6.42. The van der Waals surface area contributed by atoms with Gasteiger partial charge in [-0.1, -0.05) is 13.8 Å². The first kappa shape index (κ1) is 16.9. The summed E-state index contributed by atoms with van der Waals surface area (Å²) in [6.07, 6.45) is 3.15. The van der Waals surface area contributed by atoms with Crippen LogP contribution in [0.3, 0.4) is 0 Å². The number of aromatic nitrogens is 1. The SMILES string of the molecule is CC(C)(CCCO)CNC(=O)Cn1cc(Br)ccc1=O. The summed E-state index contributed by atoms with van der Waals surface area (Å²) in [5.74, 6) is -0.192. The van der Waals surface area contributed by atoms with Crippen molar-refractivity contribution in [3.8, 4) is 0 Å². The second-order valence-electron chi connectivity index (χ2n) is 5.58. The summed E-state index contributed by atoms with van der Waals surface area (Å²) < 4.78 is 2.12. The standard InChI is InChI=1S/C14H21BrN2O3/c1-14(2,6-3-7-18)10-16-12(19)9-17-8-11(15)4-5-13(17)20/h4-5,8,18H,3,6-7,9-10H2,1-2H3,(H,16,19). The molecule has 6 heteroatoms. The van der Waals surface area contributed by atoms with Crippen LogP contribution >= 0.6 is 15.9 Å². The fraction of sp³-hybridized carbons (Fsp3) is 0.571. The van der Waals surface area contributed by atoms with Crippen molar-refractivity contribution in [2.24, 2.45) is 5.41 Å². The number of aliphatic hydroxyl groups excluding tert-OH is 1. The predicted molar refractivity (Wildman–Crippen MR) is 81.5 cm³/mol. The van der Waals surface area contributed by atoms with Crippen LogP contribution in [0.2, 0.25) is 0 Å². The number of hydrogen-bond donors (Lipinski definition) is 2. The van der Waals surface area contributed by atoms with Crippen molar-refractivity contribution in [2.45, 2.75) is 33.2 Å². The van der Waals surface area contributed by atoms with Gasteiger partial charge in [0.25, 0.3) is 5.56 Å². The smallest absolute Gasteiger partial charge is 0.251 e. The molecular weight excluding hydrogens is 324 g/mol. The lowest BCUT2D eigenvalue weighted by molar-refractivity contribution is -0.122. The van der Waals surface area contributed by atoms with Gasteiger partial charge in [-0.15, -0.1) is 0 Å². The van der Waals surface area contributed by atoms with Gasteiger partial charge in [0.2, 0.25) is 5.91 Å². The second kappa shape index (κ2) is 7.59. The number of nitrogens with one attached hydrogen (secondary N) is 1. The first-order valence-electron chi connectivity index (χ1n) is 6.58. The number of halogens is 1. The molecule has 0 spiro atoms. The van der Waals surface area contributed by atoms with Crippen molar-refractivity contribution < 1.29 is 9.90 Å². The Morgan fingerprint density at radius 2 is 2.15 bits per heavy atom. The quantitative estimate of drug-likeness (QED) is 0.787. The van der Waals surface area contributed by atoms with E-state index in [1.54, 1.807) is 12.3 Å². The van der Waals surface area contributed by atoms with E-state index in [9.17, 15) is 9.59 Å². The topological polar surface area (TPSA) is 71.3 Å². The third-order valence-corrected chi connectivity index (χ3v) is 3.51. The Morgan fingerprint density at radius 1 is 1.45 bits per heavy atom. The number of hydrogen-bond acceptors (Lipinski definition) is 3. The lowest BCUT2D eigenvalue weighted by Gasteiger charge is -2.24. The van der Waals surface area contributed by atoms with Crippen molar-refractivity contribution >= 4 is 21.8 Å². The molecule has 0 radical (unpaired) electrons. The van der Waals surface area contributed by atoms with Crippen LogP contribution in [0.15, 0.2) is 27.6 Å². The first-order chi connectivity index (χ1) is 9.34. The number of carbonyl (C=O) groups excluding carboxylic acids is 1. The summed E-state index contributed by atoms with van der Waals surface area (Å²) in [5, 5.41) is 11.7. The van der Waals surface area contributed by atoms with Gasteiger partial charge in [0.1, 0.15) is 6.54 Å². The largest absolute Gasteiger partial charge is 0.396 e. The van der Waals surface area contributed by atoms with Crippen LogP contribution in [0, 0.1) is 5.41 Å². The van der Waals surface area contributed by atoms with Crippen LogP contribution in [0.4, 0.5) is 0 Å². The molecule has 1 rings (SSSR count). The minimum Gasteiger partial charge on any atom is -0.396 e. The third-order valence-electron chi connectivity index (χ3n) is 3.04. The average Bonchev–Trinajstić information content (AvgIpc) is 2.39. The summed E-state index contributed by atoms with van der Waals surface area (Å²) >= 11 is 3.27. The summed E-state index contributed by atoms with van der Waals surface area (Å²) in [7, 11) is 0. The molecule has 112 valence electrons. The van der Waals surface area contributed by atoms with E-state index < -0.39 is 0 Å². The zero-order valence-corrected chi connectivity index (χ0v) is 13.4. The van der Waals surface area contributed by atoms with Crippen molar-refractivity contribution in [1.82, 2.24) is 9.88 Å². The molecule has 0 saturated heterocycles. The molecule has 5 nitrogen and oxygen atoms in total. The fourth-order valence-electron chi connectivity index (χ4n) is 1.82. The number of aliphatic hydroxyl groups is 1. The Morgan fingerprint density at radius 3 is 2.80 bits per heavy atom. The Hall–Kier alpha value is -1.14. The third kappa shape index (κ3) is 5.88. The van der Waals surface area contributed by atoms with Gasteiger partial charge in [-0.3, -0.25) is 9.59 Å². The molecule has 1 aromatic rings. The van der Waals surface area contributed by atoms with E-state index in [0.29, 0.717) is 13.0 Å². The predicted octanol–water partition coefficient (Wildman–Crippen LogP) is 1.53. The summed E-state index contributed by atoms with van der Waals surface area (Å²) in [6, 6.07) is 3.07. The number of pyridine rings is 1. The number of rotatable bonds is 7. The molecule has 0 aromatic carbocycles. The van der Waals surface area contributed by atoms with Gasteiger partial charge in [-0.2, -0.15) is 0 Å². The van der Waals surface area contributed by atoms with Crippen molar-refractivity contribution in [2.75, 3.05) is 13.2 Å². The Bertz CT molecular complexity index is 511. The normalized spacial score (nSPS) is 11.4. The second-order valence-corrected chi connectivity index (χ2v) is 6.50. The van der Waals surface area contributed by atoms with E-state index in [1.165, 1.54) is 10.6 Å². The van der Waals surface area contributed by atoms with Crippen LogP contribution in [0.1, 0.15) is 26.7 Å². The lowest BCUT2D eigenvalue weighted by atomic mass is 9.88. The summed E-state index contributed by atoms with van der Waals surface area (Å²) in [6.45, 7) is 4.76. The van der Waals surface area contributed by atoms with E-state index in [1.807, 2.05) is 13.8 Å². The molecule has 0 aliphatic rings. The lowest BCUT2D eigenvalue weighted by Crippen LogP contribution is -2.37. The van der Waals surface area contributed by atoms with Crippen molar-refractivity contribution in [3.05, 3.63) is 33.2 Å². The van der Waals surface area contributed by atoms with Gasteiger partial charge in [-0.05, 0) is 40.3 Å². The highest BCUT2D eigenvalue weighted by molar-refractivity contribution is 9.10. The summed E-state index contributed by atoms with van der Waals surface area (Å²) in [4.78, 5) is 23.4. The first-order valence-corrected chi connectivity index (χ1v) is 7.37. The van der Waals surface area contributed by atoms with Crippen LogP contribution in [0.25, 0.3) is 0 Å². The van der Waals surface area contributed by atoms with Crippen LogP contribution in [-0.4, -0.2) is 28.7 Å². The Balaban J connectivity index is 2.52. The maximum Gasteiger partial charge on any atom is 0.251 e. The molecule has 20 heavy (non-hydrogen) atoms. The average molecular weight is 345 g/mol. The van der Waals surface area contributed by atoms with Gasteiger partial charge in [0, 0.05) is 29.9 Å². The molecule has 0 aliphatic carbocycles. The molecule has 1 heterocycles. The fourth-order valence-corrected chi connectivity index (χ4v) is 2.20. The zero-order chi connectivity index (χ0) is 15.2. The highest BCUT2D eigenvalue weighted by atomic mass is 79.9. The summed E-state index contributed by atoms with van der Waals surface area (Å²) in [5.41, 5.74) is -0.274. The van der Waals surface area contributed by atoms with Gasteiger partial charge in [0.05, 0.1) is 0 Å². The number of carbonyl (C=O) groups is 1. The minimum atomic E-state index is -0.206. The van der Waals surface area contributed by atoms with E-state index in [-0.39, 0.29) is 30.0 Å². The van der Waals surface area contributed by atoms with Crippen LogP contribution < -0.4 is 10.9 Å². The zero-order valence-electron chi connectivity index (χ0n) is 11.9. The van der Waals surface area contributed by atoms with Gasteiger partial charge in [-0.25, -0.2) is 0 Å². The van der Waals surface area contributed by atoms with Crippen molar-refractivity contribution in [1.29, 1.82) is 0 Å². The van der Waals surface area contributed by atoms with E-state index in [0.717, 1.165) is 10.9 Å². The number of nitrogens with zero attached hydrogens (tertiary/aromatic N) is 1. The minimum absolute atomic E-state index is 0.00829. The molecule has 0 atom stereocenters. The van der Waals surface area contributed by atoms with E-state index in [2.05, 4.69) is 21.2 Å². The van der Waals surface area contributed by atoms with E-state index >= 15 is 0 Å². The van der Waals surface area contributed by atoms with Crippen LogP contribution in [-0.2, 0) is 11.3 Å². The molecule has 0 fully saturated rings. The molecule has 0 saturated carbocycles. The molecule has 2 N–H and O–H groups in total.